The van der Waals surface area contributed by atoms with Crippen LogP contribution in [0.5, 0.6) is 5.75 Å². The molecule has 0 radical (unpaired) electrons. The average Bonchev–Trinajstić information content (AvgIpc) is 2.17. The minimum Gasteiger partial charge on any atom is -0.492 e. The minimum absolute atomic E-state index is 0.170. The summed E-state index contributed by atoms with van der Waals surface area (Å²) >= 11 is 2.20. The van der Waals surface area contributed by atoms with Crippen molar-refractivity contribution in [3.8, 4) is 5.75 Å². The zero-order valence-electron chi connectivity index (χ0n) is 8.66. The Kier molecular flexibility index (Phi) is 3.96. The highest BCUT2D eigenvalue weighted by atomic mass is 127. The molecule has 0 bridgehead atoms. The third kappa shape index (κ3) is 3.70. The molecule has 0 saturated carbocycles. The molecule has 0 amide bonds. The molecule has 82 valence electrons. The van der Waals surface area contributed by atoms with Gasteiger partial charge in [0.25, 0.3) is 0 Å². The standard InChI is InChI=1S/C11H13IO3/c1-11(2,10(13)14)7-15-9-5-3-8(12)4-6-9/h3-6H,7H2,1-2H3,(H,13,14). The van der Waals surface area contributed by atoms with Gasteiger partial charge in [0.1, 0.15) is 12.4 Å². The highest BCUT2D eigenvalue weighted by Crippen LogP contribution is 2.19. The predicted molar refractivity (Wildman–Crippen MR) is 66.1 cm³/mol. The largest absolute Gasteiger partial charge is 0.492 e. The third-order valence-electron chi connectivity index (χ3n) is 1.99. The quantitative estimate of drug-likeness (QED) is 0.868. The van der Waals surface area contributed by atoms with Crippen LogP contribution in [0.25, 0.3) is 0 Å². The zero-order chi connectivity index (χ0) is 11.5. The summed E-state index contributed by atoms with van der Waals surface area (Å²) in [5, 5.41) is 8.88. The van der Waals surface area contributed by atoms with E-state index < -0.39 is 11.4 Å². The van der Waals surface area contributed by atoms with Crippen LogP contribution in [0.15, 0.2) is 24.3 Å². The van der Waals surface area contributed by atoms with Crippen LogP contribution in [0, 0.1) is 8.99 Å². The lowest BCUT2D eigenvalue weighted by atomic mass is 9.95. The number of ether oxygens (including phenoxy) is 1. The molecule has 3 nitrogen and oxygen atoms in total. The number of rotatable bonds is 4. The summed E-state index contributed by atoms with van der Waals surface area (Å²) in [4.78, 5) is 10.8. The number of carboxylic acid groups (broad SMARTS) is 1. The molecule has 0 aliphatic rings. The Balaban J connectivity index is 2.57. The van der Waals surface area contributed by atoms with Crippen LogP contribution < -0.4 is 4.74 Å². The lowest BCUT2D eigenvalue weighted by Gasteiger charge is -2.19. The summed E-state index contributed by atoms with van der Waals surface area (Å²) in [5.74, 6) is -0.155. The minimum atomic E-state index is -0.858. The van der Waals surface area contributed by atoms with Gasteiger partial charge in [-0.3, -0.25) is 4.79 Å². The molecule has 15 heavy (non-hydrogen) atoms. The van der Waals surface area contributed by atoms with Crippen molar-refractivity contribution in [2.45, 2.75) is 13.8 Å². The Bertz CT molecular complexity index is 343. The number of benzene rings is 1. The van der Waals surface area contributed by atoms with Gasteiger partial charge in [0.2, 0.25) is 0 Å². The Morgan fingerprint density at radius 1 is 1.40 bits per heavy atom. The van der Waals surface area contributed by atoms with Gasteiger partial charge in [-0.05, 0) is 60.7 Å². The smallest absolute Gasteiger partial charge is 0.312 e. The third-order valence-corrected chi connectivity index (χ3v) is 2.71. The first-order valence-corrected chi connectivity index (χ1v) is 5.61. The fourth-order valence-corrected chi connectivity index (χ4v) is 1.22. The van der Waals surface area contributed by atoms with Gasteiger partial charge in [-0.1, -0.05) is 0 Å². The molecular formula is C11H13IO3. The monoisotopic (exact) mass is 320 g/mol. The van der Waals surface area contributed by atoms with Crippen LogP contribution in [0.3, 0.4) is 0 Å². The van der Waals surface area contributed by atoms with E-state index >= 15 is 0 Å². The SMILES string of the molecule is CC(C)(COc1ccc(I)cc1)C(=O)O. The molecule has 0 aromatic heterocycles. The van der Waals surface area contributed by atoms with Gasteiger partial charge in [-0.2, -0.15) is 0 Å². The summed E-state index contributed by atoms with van der Waals surface area (Å²) < 4.78 is 6.53. The summed E-state index contributed by atoms with van der Waals surface area (Å²) in [6, 6.07) is 7.51. The molecule has 4 heteroatoms. The summed E-state index contributed by atoms with van der Waals surface area (Å²) in [5.41, 5.74) is -0.858. The van der Waals surface area contributed by atoms with Crippen molar-refractivity contribution in [2.75, 3.05) is 6.61 Å². The van der Waals surface area contributed by atoms with Gasteiger partial charge >= 0.3 is 5.97 Å². The van der Waals surface area contributed by atoms with Crippen LogP contribution in [-0.4, -0.2) is 17.7 Å². The van der Waals surface area contributed by atoms with Crippen molar-refractivity contribution in [3.63, 3.8) is 0 Å². The van der Waals surface area contributed by atoms with Gasteiger partial charge < -0.3 is 9.84 Å². The van der Waals surface area contributed by atoms with Crippen LogP contribution >= 0.6 is 22.6 Å². The average molecular weight is 320 g/mol. The molecule has 0 aliphatic heterocycles. The molecule has 0 spiro atoms. The maximum absolute atomic E-state index is 10.8. The Morgan fingerprint density at radius 3 is 2.40 bits per heavy atom. The Labute approximate surface area is 103 Å². The number of hydrogen-bond donors (Lipinski definition) is 1. The number of carboxylic acids is 1. The van der Waals surface area contributed by atoms with Crippen molar-refractivity contribution < 1.29 is 14.6 Å². The van der Waals surface area contributed by atoms with Crippen LogP contribution in [0.2, 0.25) is 0 Å². The first-order chi connectivity index (χ1) is 6.92. The lowest BCUT2D eigenvalue weighted by Crippen LogP contribution is -2.30. The second-order valence-corrected chi connectivity index (χ2v) is 5.18. The first-order valence-electron chi connectivity index (χ1n) is 4.53. The van der Waals surface area contributed by atoms with E-state index in [2.05, 4.69) is 22.6 Å². The molecule has 1 N–H and O–H groups in total. The topological polar surface area (TPSA) is 46.5 Å². The van der Waals surface area contributed by atoms with Crippen molar-refractivity contribution in [3.05, 3.63) is 27.8 Å². The second-order valence-electron chi connectivity index (χ2n) is 3.93. The second kappa shape index (κ2) is 4.83. The molecular weight excluding hydrogens is 307 g/mol. The summed E-state index contributed by atoms with van der Waals surface area (Å²) in [6.07, 6.45) is 0. The number of aliphatic carboxylic acids is 1. The molecule has 0 fully saturated rings. The molecule has 0 unspecified atom stereocenters. The van der Waals surface area contributed by atoms with Crippen molar-refractivity contribution in [2.24, 2.45) is 5.41 Å². The van der Waals surface area contributed by atoms with E-state index in [0.717, 1.165) is 3.57 Å². The normalized spacial score (nSPS) is 11.1. The fourth-order valence-electron chi connectivity index (χ4n) is 0.856. The van der Waals surface area contributed by atoms with E-state index in [1.165, 1.54) is 0 Å². The van der Waals surface area contributed by atoms with Crippen LogP contribution in [-0.2, 0) is 4.79 Å². The van der Waals surface area contributed by atoms with E-state index in [4.69, 9.17) is 9.84 Å². The molecule has 1 aromatic carbocycles. The lowest BCUT2D eigenvalue weighted by molar-refractivity contribution is -0.148. The zero-order valence-corrected chi connectivity index (χ0v) is 10.8. The maximum atomic E-state index is 10.8. The molecule has 0 atom stereocenters. The van der Waals surface area contributed by atoms with E-state index in [0.29, 0.717) is 5.75 Å². The van der Waals surface area contributed by atoms with Crippen molar-refractivity contribution in [1.29, 1.82) is 0 Å². The summed E-state index contributed by atoms with van der Waals surface area (Å²) in [7, 11) is 0. The molecule has 1 rings (SSSR count). The highest BCUT2D eigenvalue weighted by molar-refractivity contribution is 14.1. The van der Waals surface area contributed by atoms with Gasteiger partial charge in [0.15, 0.2) is 0 Å². The maximum Gasteiger partial charge on any atom is 0.312 e. The summed E-state index contributed by atoms with van der Waals surface area (Å²) in [6.45, 7) is 3.45. The molecule has 0 saturated heterocycles. The number of carbonyl (C=O) groups is 1. The van der Waals surface area contributed by atoms with Gasteiger partial charge in [-0.25, -0.2) is 0 Å². The first kappa shape index (κ1) is 12.3. The predicted octanol–water partition coefficient (Wildman–Crippen LogP) is 2.78. The van der Waals surface area contributed by atoms with Crippen molar-refractivity contribution in [1.82, 2.24) is 0 Å². The Hall–Kier alpha value is -0.780. The molecule has 1 aromatic rings. The van der Waals surface area contributed by atoms with Gasteiger partial charge in [0.05, 0.1) is 5.41 Å². The van der Waals surface area contributed by atoms with Gasteiger partial charge in [-0.15, -0.1) is 0 Å². The van der Waals surface area contributed by atoms with Crippen molar-refractivity contribution >= 4 is 28.6 Å². The van der Waals surface area contributed by atoms with E-state index in [1.54, 1.807) is 13.8 Å². The molecule has 0 heterocycles. The van der Waals surface area contributed by atoms with E-state index in [-0.39, 0.29) is 6.61 Å². The van der Waals surface area contributed by atoms with Gasteiger partial charge in [0, 0.05) is 3.57 Å². The number of halogens is 1. The highest BCUT2D eigenvalue weighted by Gasteiger charge is 2.27. The number of hydrogen-bond acceptors (Lipinski definition) is 2. The van der Waals surface area contributed by atoms with Crippen LogP contribution in [0.4, 0.5) is 0 Å². The Morgan fingerprint density at radius 2 is 1.93 bits per heavy atom. The van der Waals surface area contributed by atoms with E-state index in [1.807, 2.05) is 24.3 Å². The van der Waals surface area contributed by atoms with E-state index in [9.17, 15) is 4.79 Å². The molecule has 0 aliphatic carbocycles. The fraction of sp³-hybridized carbons (Fsp3) is 0.364. The van der Waals surface area contributed by atoms with Crippen LogP contribution in [0.1, 0.15) is 13.8 Å².